The first-order valence-corrected chi connectivity index (χ1v) is 7.25. The van der Waals surface area contributed by atoms with Crippen LogP contribution in [0.15, 0.2) is 0 Å². The van der Waals surface area contributed by atoms with Crippen LogP contribution in [0.3, 0.4) is 0 Å². The first-order valence-electron chi connectivity index (χ1n) is 6.62. The number of hydrogen-bond acceptors (Lipinski definition) is 2. The predicted octanol–water partition coefficient (Wildman–Crippen LogP) is 3.18. The van der Waals surface area contributed by atoms with Crippen molar-refractivity contribution in [1.82, 2.24) is 5.32 Å². The van der Waals surface area contributed by atoms with E-state index in [0.29, 0.717) is 13.0 Å². The van der Waals surface area contributed by atoms with Crippen molar-refractivity contribution >= 4 is 18.5 Å². The van der Waals surface area contributed by atoms with Crippen LogP contribution in [0.5, 0.6) is 0 Å². The summed E-state index contributed by atoms with van der Waals surface area (Å²) in [5.74, 6) is 3.48. The van der Waals surface area contributed by atoms with Crippen molar-refractivity contribution in [3.8, 4) is 12.3 Å². The summed E-state index contributed by atoms with van der Waals surface area (Å²) < 4.78 is 0. The Morgan fingerprint density at radius 2 is 1.53 bits per heavy atom. The Bertz CT molecular complexity index is 223. The molecule has 0 aromatic rings. The lowest BCUT2D eigenvalue weighted by Crippen LogP contribution is -2.22. The largest absolute Gasteiger partial charge is 0.345 e. The molecule has 0 bridgehead atoms. The molecule has 0 aromatic carbocycles. The van der Waals surface area contributed by atoms with Gasteiger partial charge in [0.15, 0.2) is 0 Å². The molecule has 0 fully saturated rings. The summed E-state index contributed by atoms with van der Waals surface area (Å²) in [6.07, 6.45) is 15.5. The van der Waals surface area contributed by atoms with Gasteiger partial charge in [-0.15, -0.1) is 6.42 Å². The third-order valence-electron chi connectivity index (χ3n) is 2.70. The Kier molecular flexibility index (Phi) is 13.0. The zero-order chi connectivity index (χ0) is 12.8. The fraction of sp³-hybridized carbons (Fsp3) is 0.786. The molecule has 1 N–H and O–H groups in total. The van der Waals surface area contributed by atoms with Gasteiger partial charge in [0.2, 0.25) is 5.91 Å². The van der Waals surface area contributed by atoms with Crippen LogP contribution in [-0.4, -0.2) is 18.2 Å². The molecule has 0 radical (unpaired) electrons. The van der Waals surface area contributed by atoms with E-state index in [1.807, 2.05) is 0 Å². The highest BCUT2D eigenvalue weighted by Gasteiger charge is 1.98. The molecule has 0 aliphatic rings. The molecule has 2 nitrogen and oxygen atoms in total. The van der Waals surface area contributed by atoms with E-state index in [1.54, 1.807) is 0 Å². The van der Waals surface area contributed by atoms with Gasteiger partial charge in [-0.1, -0.05) is 44.4 Å². The van der Waals surface area contributed by atoms with Crippen LogP contribution < -0.4 is 5.32 Å². The number of rotatable bonds is 11. The lowest BCUT2D eigenvalue weighted by atomic mass is 10.1. The number of hydrogen-bond donors (Lipinski definition) is 2. The predicted molar refractivity (Wildman–Crippen MR) is 77.2 cm³/mol. The second-order valence-corrected chi connectivity index (χ2v) is 4.73. The number of nitrogens with one attached hydrogen (secondary N) is 1. The number of terminal acetylenes is 1. The van der Waals surface area contributed by atoms with Crippen LogP contribution in [0.2, 0.25) is 0 Å². The average molecular weight is 255 g/mol. The Morgan fingerprint density at radius 1 is 1.00 bits per heavy atom. The van der Waals surface area contributed by atoms with Crippen molar-refractivity contribution in [1.29, 1.82) is 0 Å². The lowest BCUT2D eigenvalue weighted by molar-refractivity contribution is -0.120. The summed E-state index contributed by atoms with van der Waals surface area (Å²) in [5, 5.41) is 2.68. The zero-order valence-corrected chi connectivity index (χ0v) is 11.6. The smallest absolute Gasteiger partial charge is 0.220 e. The summed E-state index contributed by atoms with van der Waals surface area (Å²) in [6.45, 7) is 0.351. The second-order valence-electron chi connectivity index (χ2n) is 4.28. The summed E-state index contributed by atoms with van der Waals surface area (Å²) in [5.41, 5.74) is 0. The van der Waals surface area contributed by atoms with Crippen LogP contribution in [0.25, 0.3) is 0 Å². The fourth-order valence-electron chi connectivity index (χ4n) is 1.70. The summed E-state index contributed by atoms with van der Waals surface area (Å²) >= 11 is 4.18. The minimum Gasteiger partial charge on any atom is -0.345 e. The van der Waals surface area contributed by atoms with Gasteiger partial charge < -0.3 is 5.32 Å². The average Bonchev–Trinajstić information content (AvgIpc) is 2.34. The third kappa shape index (κ3) is 13.3. The third-order valence-corrected chi connectivity index (χ3v) is 3.02. The molecule has 0 heterocycles. The fourth-order valence-corrected chi connectivity index (χ4v) is 1.92. The molecular weight excluding hydrogens is 230 g/mol. The van der Waals surface area contributed by atoms with Gasteiger partial charge in [0.05, 0.1) is 6.54 Å². The molecule has 0 aliphatic heterocycles. The number of thiol groups is 1. The Morgan fingerprint density at radius 3 is 2.06 bits per heavy atom. The standard InChI is InChI=1S/C14H25NOS/c1-2-12-15-14(16)11-9-7-5-3-4-6-8-10-13-17/h1,17H,3-13H2,(H,15,16). The first kappa shape index (κ1) is 16.4. The van der Waals surface area contributed by atoms with E-state index in [1.165, 1.54) is 38.5 Å². The summed E-state index contributed by atoms with van der Waals surface area (Å²) in [4.78, 5) is 11.2. The maximum Gasteiger partial charge on any atom is 0.220 e. The Labute approximate surface area is 111 Å². The molecule has 0 saturated heterocycles. The number of amides is 1. The second kappa shape index (κ2) is 13.4. The first-order chi connectivity index (χ1) is 8.31. The normalized spacial score (nSPS) is 9.88. The van der Waals surface area contributed by atoms with E-state index in [9.17, 15) is 4.79 Å². The van der Waals surface area contributed by atoms with Crippen LogP contribution >= 0.6 is 12.6 Å². The van der Waals surface area contributed by atoms with E-state index in [0.717, 1.165) is 18.6 Å². The van der Waals surface area contributed by atoms with Gasteiger partial charge >= 0.3 is 0 Å². The molecule has 17 heavy (non-hydrogen) atoms. The monoisotopic (exact) mass is 255 g/mol. The van der Waals surface area contributed by atoms with Gasteiger partial charge in [0.25, 0.3) is 0 Å². The molecule has 0 saturated carbocycles. The van der Waals surface area contributed by atoms with Crippen LogP contribution in [0.4, 0.5) is 0 Å². The highest BCUT2D eigenvalue weighted by molar-refractivity contribution is 7.80. The molecule has 0 aliphatic carbocycles. The molecule has 0 unspecified atom stereocenters. The number of unbranched alkanes of at least 4 members (excludes halogenated alkanes) is 7. The highest BCUT2D eigenvalue weighted by Crippen LogP contribution is 2.09. The van der Waals surface area contributed by atoms with Crippen LogP contribution in [0, 0.1) is 12.3 Å². The van der Waals surface area contributed by atoms with Crippen molar-refractivity contribution in [3.05, 3.63) is 0 Å². The minimum atomic E-state index is 0.0803. The summed E-state index contributed by atoms with van der Waals surface area (Å²) in [7, 11) is 0. The summed E-state index contributed by atoms with van der Waals surface area (Å²) in [6, 6.07) is 0. The van der Waals surface area contributed by atoms with Gasteiger partial charge in [0, 0.05) is 6.42 Å². The van der Waals surface area contributed by atoms with E-state index < -0.39 is 0 Å². The molecule has 3 heteroatoms. The maximum absolute atomic E-state index is 11.2. The quantitative estimate of drug-likeness (QED) is 0.331. The molecule has 0 rings (SSSR count). The van der Waals surface area contributed by atoms with E-state index >= 15 is 0 Å². The maximum atomic E-state index is 11.2. The number of carbonyl (C=O) groups excluding carboxylic acids is 1. The molecule has 0 spiro atoms. The van der Waals surface area contributed by atoms with Crippen molar-refractivity contribution in [2.45, 2.75) is 57.8 Å². The van der Waals surface area contributed by atoms with Crippen LogP contribution in [-0.2, 0) is 4.79 Å². The molecule has 1 amide bonds. The van der Waals surface area contributed by atoms with Crippen molar-refractivity contribution in [3.63, 3.8) is 0 Å². The van der Waals surface area contributed by atoms with Gasteiger partial charge in [-0.2, -0.15) is 12.6 Å². The van der Waals surface area contributed by atoms with Crippen molar-refractivity contribution in [2.75, 3.05) is 12.3 Å². The number of carbonyl (C=O) groups is 1. The Hall–Kier alpha value is -0.620. The van der Waals surface area contributed by atoms with E-state index in [4.69, 9.17) is 6.42 Å². The minimum absolute atomic E-state index is 0.0803. The molecular formula is C14H25NOS. The Balaban J connectivity index is 3.08. The molecule has 98 valence electrons. The van der Waals surface area contributed by atoms with Crippen LogP contribution in [0.1, 0.15) is 57.8 Å². The SMILES string of the molecule is C#CCNC(=O)CCCCCCCCCCS. The van der Waals surface area contributed by atoms with E-state index in [-0.39, 0.29) is 5.91 Å². The van der Waals surface area contributed by atoms with Gasteiger partial charge in [-0.25, -0.2) is 0 Å². The molecule has 0 aromatic heterocycles. The lowest BCUT2D eigenvalue weighted by Gasteiger charge is -2.02. The van der Waals surface area contributed by atoms with Crippen molar-refractivity contribution < 1.29 is 4.79 Å². The van der Waals surface area contributed by atoms with Crippen molar-refractivity contribution in [2.24, 2.45) is 0 Å². The van der Waals surface area contributed by atoms with Gasteiger partial charge in [0.1, 0.15) is 0 Å². The zero-order valence-electron chi connectivity index (χ0n) is 10.7. The van der Waals surface area contributed by atoms with Gasteiger partial charge in [-0.3, -0.25) is 4.79 Å². The van der Waals surface area contributed by atoms with E-state index in [2.05, 4.69) is 23.9 Å². The highest BCUT2D eigenvalue weighted by atomic mass is 32.1. The molecule has 0 atom stereocenters. The topological polar surface area (TPSA) is 29.1 Å². The van der Waals surface area contributed by atoms with Gasteiger partial charge in [-0.05, 0) is 18.6 Å².